The van der Waals surface area contributed by atoms with Gasteiger partial charge in [0.15, 0.2) is 0 Å². The summed E-state index contributed by atoms with van der Waals surface area (Å²) in [7, 11) is 0. The fraction of sp³-hybridized carbons (Fsp3) is 0.208. The van der Waals surface area contributed by atoms with Gasteiger partial charge in [-0.15, -0.1) is 24.8 Å². The number of anilines is 2. The van der Waals surface area contributed by atoms with Gasteiger partial charge >= 0.3 is 0 Å². The highest BCUT2D eigenvalue weighted by Gasteiger charge is 2.30. The summed E-state index contributed by atoms with van der Waals surface area (Å²) in [6, 6.07) is 24.6. The molecule has 8 heteroatoms. The Morgan fingerprint density at radius 1 is 0.812 bits per heavy atom. The van der Waals surface area contributed by atoms with Crippen molar-refractivity contribution in [2.75, 3.05) is 36.0 Å². The summed E-state index contributed by atoms with van der Waals surface area (Å²) in [6.07, 6.45) is 0. The summed E-state index contributed by atoms with van der Waals surface area (Å²) in [5, 5.41) is 3.41. The highest BCUT2D eigenvalue weighted by atomic mass is 35.5. The van der Waals surface area contributed by atoms with Crippen LogP contribution in [0.1, 0.15) is 15.9 Å². The number of benzene rings is 3. The number of hydrogen-bond acceptors (Lipinski definition) is 4. The van der Waals surface area contributed by atoms with E-state index in [0.29, 0.717) is 6.54 Å². The Bertz CT molecular complexity index is 1050. The second kappa shape index (κ2) is 11.6. The minimum absolute atomic E-state index is 0. The molecule has 0 atom stereocenters. The van der Waals surface area contributed by atoms with E-state index in [0.717, 1.165) is 52.8 Å². The van der Waals surface area contributed by atoms with Gasteiger partial charge in [0, 0.05) is 36.0 Å². The van der Waals surface area contributed by atoms with Gasteiger partial charge in [-0.3, -0.25) is 4.79 Å². The summed E-state index contributed by atoms with van der Waals surface area (Å²) >= 11 is 1.72. The van der Waals surface area contributed by atoms with Gasteiger partial charge in [-0.25, -0.2) is 0 Å². The Hall–Kier alpha value is -2.22. The SMILES string of the molecule is Cl.Cl.O.O=C1c2cccc(N3CCNCC3)c2Sc2ccccc2N1Cc1ccccc1. The third kappa shape index (κ3) is 5.05. The number of fused-ring (bicyclic) bond motifs is 2. The minimum atomic E-state index is 0. The molecule has 170 valence electrons. The van der Waals surface area contributed by atoms with E-state index in [9.17, 15) is 4.79 Å². The first-order valence-corrected chi connectivity index (χ1v) is 10.8. The summed E-state index contributed by atoms with van der Waals surface area (Å²) in [5.74, 6) is 0.0679. The number of para-hydroxylation sites is 1. The third-order valence-electron chi connectivity index (χ3n) is 5.48. The maximum Gasteiger partial charge on any atom is 0.259 e. The second-order valence-electron chi connectivity index (χ2n) is 7.34. The number of nitrogens with one attached hydrogen (secondary N) is 1. The van der Waals surface area contributed by atoms with Gasteiger partial charge < -0.3 is 20.6 Å². The highest BCUT2D eigenvalue weighted by molar-refractivity contribution is 7.99. The number of nitrogens with zero attached hydrogens (tertiary/aromatic N) is 2. The zero-order valence-electron chi connectivity index (χ0n) is 17.5. The zero-order chi connectivity index (χ0) is 19.6. The fourth-order valence-electron chi connectivity index (χ4n) is 4.01. The summed E-state index contributed by atoms with van der Waals surface area (Å²) < 4.78 is 0. The summed E-state index contributed by atoms with van der Waals surface area (Å²) in [4.78, 5) is 20.2. The molecule has 2 aliphatic rings. The van der Waals surface area contributed by atoms with Crippen LogP contribution in [-0.4, -0.2) is 37.6 Å². The van der Waals surface area contributed by atoms with Crippen molar-refractivity contribution in [2.24, 2.45) is 0 Å². The second-order valence-corrected chi connectivity index (χ2v) is 8.39. The third-order valence-corrected chi connectivity index (χ3v) is 6.68. The number of carbonyl (C=O) groups excluding carboxylic acids is 1. The Balaban J connectivity index is 0.00000121. The van der Waals surface area contributed by atoms with Crippen LogP contribution in [0.4, 0.5) is 11.4 Å². The number of carbonyl (C=O) groups is 1. The van der Waals surface area contributed by atoms with Crippen LogP contribution in [0.15, 0.2) is 82.6 Å². The first kappa shape index (κ1) is 26.0. The van der Waals surface area contributed by atoms with E-state index < -0.39 is 0 Å². The van der Waals surface area contributed by atoms with Crippen molar-refractivity contribution in [1.82, 2.24) is 5.32 Å². The number of rotatable bonds is 3. The van der Waals surface area contributed by atoms with Crippen molar-refractivity contribution in [3.63, 3.8) is 0 Å². The first-order valence-electron chi connectivity index (χ1n) is 10.0. The Morgan fingerprint density at radius 2 is 1.47 bits per heavy atom. The molecule has 1 amide bonds. The van der Waals surface area contributed by atoms with E-state index in [1.807, 2.05) is 41.3 Å². The summed E-state index contributed by atoms with van der Waals surface area (Å²) in [5.41, 5.74) is 4.06. The molecular weight excluding hydrogens is 465 g/mol. The van der Waals surface area contributed by atoms with Gasteiger partial charge in [-0.05, 0) is 29.8 Å². The quantitative estimate of drug-likeness (QED) is 0.588. The molecule has 3 aromatic carbocycles. The van der Waals surface area contributed by atoms with Crippen molar-refractivity contribution < 1.29 is 10.3 Å². The summed E-state index contributed by atoms with van der Waals surface area (Å²) in [6.45, 7) is 4.42. The predicted molar refractivity (Wildman–Crippen MR) is 137 cm³/mol. The highest BCUT2D eigenvalue weighted by Crippen LogP contribution is 2.45. The Kier molecular flexibility index (Phi) is 9.43. The van der Waals surface area contributed by atoms with Gasteiger partial charge in [0.25, 0.3) is 5.91 Å². The molecular formula is C24H27Cl2N3O2S. The maximum atomic E-state index is 13.7. The molecule has 0 unspecified atom stereocenters. The van der Waals surface area contributed by atoms with Crippen LogP contribution in [0.5, 0.6) is 0 Å². The van der Waals surface area contributed by atoms with Crippen LogP contribution >= 0.6 is 36.6 Å². The topological polar surface area (TPSA) is 67.1 Å². The number of hydrogen-bond donors (Lipinski definition) is 1. The van der Waals surface area contributed by atoms with Gasteiger partial charge in [0.05, 0.1) is 23.5 Å². The smallest absolute Gasteiger partial charge is 0.259 e. The zero-order valence-corrected chi connectivity index (χ0v) is 19.9. The van der Waals surface area contributed by atoms with Crippen LogP contribution in [0.2, 0.25) is 0 Å². The van der Waals surface area contributed by atoms with Gasteiger partial charge in [0.2, 0.25) is 0 Å². The molecule has 2 aliphatic heterocycles. The van der Waals surface area contributed by atoms with Crippen LogP contribution < -0.4 is 15.1 Å². The van der Waals surface area contributed by atoms with Crippen molar-refractivity contribution in [3.05, 3.63) is 83.9 Å². The lowest BCUT2D eigenvalue weighted by Crippen LogP contribution is -2.43. The monoisotopic (exact) mass is 491 g/mol. The standard InChI is InChI=1S/C24H23N3OS.2ClH.H2O/c28-24-19-9-6-11-21(26-15-13-25-14-16-26)23(19)29-22-12-5-4-10-20(22)27(24)17-18-7-2-1-3-8-18;;;/h1-12,25H,13-17H2;2*1H;1H2. The lowest BCUT2D eigenvalue weighted by Gasteiger charge is -2.31. The molecule has 5 nitrogen and oxygen atoms in total. The van der Waals surface area contributed by atoms with Crippen LogP contribution in [0.3, 0.4) is 0 Å². The largest absolute Gasteiger partial charge is 0.412 e. The lowest BCUT2D eigenvalue weighted by atomic mass is 10.1. The molecule has 0 bridgehead atoms. The molecule has 3 aromatic rings. The molecule has 2 heterocycles. The van der Waals surface area contributed by atoms with E-state index >= 15 is 0 Å². The van der Waals surface area contributed by atoms with E-state index in [1.165, 1.54) is 5.69 Å². The van der Waals surface area contributed by atoms with Gasteiger partial charge in [-0.2, -0.15) is 0 Å². The molecule has 0 radical (unpaired) electrons. The first-order chi connectivity index (χ1) is 14.3. The van der Waals surface area contributed by atoms with Crippen molar-refractivity contribution in [3.8, 4) is 0 Å². The number of piperazine rings is 1. The van der Waals surface area contributed by atoms with E-state index in [1.54, 1.807) is 11.8 Å². The molecule has 0 aromatic heterocycles. The van der Waals surface area contributed by atoms with E-state index in [4.69, 9.17) is 0 Å². The van der Waals surface area contributed by atoms with Gasteiger partial charge in [0.1, 0.15) is 0 Å². The maximum absolute atomic E-state index is 13.7. The average molecular weight is 492 g/mol. The molecule has 32 heavy (non-hydrogen) atoms. The number of halogens is 2. The fourth-order valence-corrected chi connectivity index (χ4v) is 5.23. The minimum Gasteiger partial charge on any atom is -0.412 e. The van der Waals surface area contributed by atoms with Gasteiger partial charge in [-0.1, -0.05) is 60.3 Å². The van der Waals surface area contributed by atoms with E-state index in [2.05, 4.69) is 46.6 Å². The van der Waals surface area contributed by atoms with Crippen LogP contribution in [0, 0.1) is 0 Å². The van der Waals surface area contributed by atoms with Crippen molar-refractivity contribution >= 4 is 53.9 Å². The van der Waals surface area contributed by atoms with Crippen LogP contribution in [-0.2, 0) is 6.54 Å². The molecule has 1 fully saturated rings. The average Bonchev–Trinajstić information content (AvgIpc) is 2.90. The predicted octanol–water partition coefficient (Wildman–Crippen LogP) is 4.43. The molecule has 0 aliphatic carbocycles. The lowest BCUT2D eigenvalue weighted by molar-refractivity contribution is 0.0982. The van der Waals surface area contributed by atoms with Crippen molar-refractivity contribution in [2.45, 2.75) is 16.3 Å². The Morgan fingerprint density at radius 3 is 2.22 bits per heavy atom. The molecule has 0 spiro atoms. The van der Waals surface area contributed by atoms with E-state index in [-0.39, 0.29) is 36.2 Å². The molecule has 3 N–H and O–H groups in total. The van der Waals surface area contributed by atoms with Crippen molar-refractivity contribution in [1.29, 1.82) is 0 Å². The molecule has 1 saturated heterocycles. The number of amides is 1. The van der Waals surface area contributed by atoms with Crippen LogP contribution in [0.25, 0.3) is 0 Å². The molecule has 5 rings (SSSR count). The normalized spacial score (nSPS) is 14.7. The Labute approximate surface area is 205 Å². The molecule has 0 saturated carbocycles.